The van der Waals surface area contributed by atoms with Gasteiger partial charge in [0.05, 0.1) is 12.2 Å². The number of aromatic amines is 1. The Bertz CT molecular complexity index is 477. The van der Waals surface area contributed by atoms with Gasteiger partial charge >= 0.3 is 0 Å². The van der Waals surface area contributed by atoms with Gasteiger partial charge in [0.2, 0.25) is 0 Å². The molecule has 0 bridgehead atoms. The van der Waals surface area contributed by atoms with Gasteiger partial charge in [0.25, 0.3) is 5.56 Å². The van der Waals surface area contributed by atoms with Gasteiger partial charge in [-0.05, 0) is 0 Å². The van der Waals surface area contributed by atoms with Crippen LogP contribution in [0, 0.1) is 0 Å². The van der Waals surface area contributed by atoms with Crippen LogP contribution in [0.4, 0.5) is 5.95 Å². The van der Waals surface area contributed by atoms with Crippen molar-refractivity contribution in [3.8, 4) is 0 Å². The second-order valence-corrected chi connectivity index (χ2v) is 4.02. The maximum atomic E-state index is 11.7. The zero-order chi connectivity index (χ0) is 13.3. The lowest BCUT2D eigenvalue weighted by atomic mass is 10.0. The molecule has 1 aromatic rings. The van der Waals surface area contributed by atoms with Crippen LogP contribution in [0.25, 0.3) is 0 Å². The van der Waals surface area contributed by atoms with E-state index < -0.39 is 30.0 Å². The minimum absolute atomic E-state index is 0.00466. The molecule has 0 radical (unpaired) electrons. The number of H-pyrrole nitrogens is 1. The molecule has 0 amide bonds. The lowest BCUT2D eigenvalue weighted by molar-refractivity contribution is -0.0239. The fourth-order valence-electron chi connectivity index (χ4n) is 2.02. The van der Waals surface area contributed by atoms with Gasteiger partial charge in [-0.2, -0.15) is 0 Å². The Morgan fingerprint density at radius 1 is 1.67 bits per heavy atom. The summed E-state index contributed by atoms with van der Waals surface area (Å²) in [5.41, 5.74) is 5.09. The van der Waals surface area contributed by atoms with Crippen molar-refractivity contribution >= 4 is 5.95 Å². The third kappa shape index (κ3) is 2.10. The number of methoxy groups -OCH3 is 1. The topological polar surface area (TPSA) is 131 Å². The number of ether oxygens (including phenoxy) is 2. The minimum atomic E-state index is -1.01. The van der Waals surface area contributed by atoms with Crippen LogP contribution in [0.5, 0.6) is 0 Å². The molecule has 8 nitrogen and oxygen atoms in total. The van der Waals surface area contributed by atoms with Crippen molar-refractivity contribution in [2.24, 2.45) is 0 Å². The molecule has 2 heterocycles. The summed E-state index contributed by atoms with van der Waals surface area (Å²) in [5.74, 6) is -0.00466. The van der Waals surface area contributed by atoms with Gasteiger partial charge in [0, 0.05) is 13.3 Å². The highest BCUT2D eigenvalue weighted by Crippen LogP contribution is 2.33. The number of aliphatic hydroxyl groups excluding tert-OH is 2. The Morgan fingerprint density at radius 3 is 2.94 bits per heavy atom. The van der Waals surface area contributed by atoms with E-state index in [0.717, 1.165) is 0 Å². The van der Waals surface area contributed by atoms with E-state index >= 15 is 0 Å². The number of aromatic nitrogens is 2. The normalized spacial score (nSPS) is 31.7. The van der Waals surface area contributed by atoms with Gasteiger partial charge in [0.15, 0.2) is 5.95 Å². The van der Waals surface area contributed by atoms with E-state index in [2.05, 4.69) is 9.97 Å². The quantitative estimate of drug-likeness (QED) is 0.500. The average molecular weight is 257 g/mol. The van der Waals surface area contributed by atoms with Crippen molar-refractivity contribution in [3.63, 3.8) is 0 Å². The summed E-state index contributed by atoms with van der Waals surface area (Å²) in [5, 5.41) is 18.9. The number of anilines is 1. The van der Waals surface area contributed by atoms with Gasteiger partial charge in [-0.15, -0.1) is 0 Å². The van der Waals surface area contributed by atoms with Crippen molar-refractivity contribution in [1.29, 1.82) is 0 Å². The Hall–Kier alpha value is -1.48. The molecule has 0 unspecified atom stereocenters. The molecule has 1 aliphatic rings. The van der Waals surface area contributed by atoms with E-state index in [1.54, 1.807) is 0 Å². The third-order valence-electron chi connectivity index (χ3n) is 2.94. The highest BCUT2D eigenvalue weighted by molar-refractivity contribution is 5.21. The first kappa shape index (κ1) is 13.0. The van der Waals surface area contributed by atoms with Crippen molar-refractivity contribution in [2.75, 3.05) is 19.5 Å². The highest BCUT2D eigenvalue weighted by Gasteiger charge is 2.45. The van der Waals surface area contributed by atoms with Crippen molar-refractivity contribution in [2.45, 2.75) is 24.4 Å². The number of nitrogens with one attached hydrogen (secondary N) is 1. The molecular formula is C10H15N3O5. The fourth-order valence-corrected chi connectivity index (χ4v) is 2.02. The number of hydrogen-bond acceptors (Lipinski definition) is 7. The third-order valence-corrected chi connectivity index (χ3v) is 2.94. The van der Waals surface area contributed by atoms with Crippen molar-refractivity contribution in [3.05, 3.63) is 22.1 Å². The van der Waals surface area contributed by atoms with Crippen LogP contribution >= 0.6 is 0 Å². The van der Waals surface area contributed by atoms with Crippen LogP contribution in [0.3, 0.4) is 0 Å². The Labute approximate surface area is 102 Å². The second kappa shape index (κ2) is 5.02. The summed E-state index contributed by atoms with van der Waals surface area (Å²) in [7, 11) is 1.39. The molecule has 1 fully saturated rings. The zero-order valence-electron chi connectivity index (χ0n) is 9.74. The van der Waals surface area contributed by atoms with E-state index in [0.29, 0.717) is 0 Å². The molecule has 100 valence electrons. The number of aliphatic hydroxyl groups is 2. The number of hydrogen-bond donors (Lipinski definition) is 4. The SMILES string of the molecule is CO[C@@H]1[C@H](O)[C@@H](CO)O[C@H]1c1cnc(N)[nH]c1=O. The maximum Gasteiger partial charge on any atom is 0.258 e. The molecule has 0 aliphatic carbocycles. The van der Waals surface area contributed by atoms with Crippen molar-refractivity contribution < 1.29 is 19.7 Å². The fraction of sp³-hybridized carbons (Fsp3) is 0.600. The lowest BCUT2D eigenvalue weighted by Crippen LogP contribution is -2.34. The summed E-state index contributed by atoms with van der Waals surface area (Å²) >= 11 is 0. The molecule has 2 rings (SSSR count). The summed E-state index contributed by atoms with van der Waals surface area (Å²) in [6.07, 6.45) is -2.07. The highest BCUT2D eigenvalue weighted by atomic mass is 16.6. The molecule has 4 atom stereocenters. The van der Waals surface area contributed by atoms with E-state index in [9.17, 15) is 9.90 Å². The molecule has 8 heteroatoms. The molecule has 0 aromatic carbocycles. The van der Waals surface area contributed by atoms with E-state index in [-0.39, 0.29) is 18.1 Å². The standard InChI is InChI=1S/C10H15N3O5/c1-17-8-6(15)5(3-14)18-7(8)4-2-12-10(11)13-9(4)16/h2,5-8,14-15H,3H2,1H3,(H3,11,12,13,16)/t5-,6-,7+,8-/m1/s1. The van der Waals surface area contributed by atoms with Gasteiger partial charge in [-0.25, -0.2) is 4.98 Å². The van der Waals surface area contributed by atoms with Gasteiger partial charge in [-0.3, -0.25) is 9.78 Å². The number of nitrogens with two attached hydrogens (primary N) is 1. The van der Waals surface area contributed by atoms with Gasteiger partial charge < -0.3 is 25.4 Å². The first-order valence-electron chi connectivity index (χ1n) is 5.40. The molecule has 0 saturated carbocycles. The molecule has 1 aromatic heterocycles. The molecule has 1 aliphatic heterocycles. The number of nitrogen functional groups attached to an aromatic ring is 1. The Kier molecular flexibility index (Phi) is 3.62. The molecule has 0 spiro atoms. The lowest BCUT2D eigenvalue weighted by Gasteiger charge is -2.17. The number of rotatable bonds is 3. The molecular weight excluding hydrogens is 242 g/mol. The summed E-state index contributed by atoms with van der Waals surface area (Å²) in [6.45, 7) is -0.363. The van der Waals surface area contributed by atoms with Crippen LogP contribution in [-0.2, 0) is 9.47 Å². The predicted molar refractivity (Wildman–Crippen MR) is 60.8 cm³/mol. The maximum absolute atomic E-state index is 11.7. The molecule has 1 saturated heterocycles. The van der Waals surface area contributed by atoms with Crippen LogP contribution in [0.1, 0.15) is 11.7 Å². The molecule has 5 N–H and O–H groups in total. The first-order chi connectivity index (χ1) is 8.58. The minimum Gasteiger partial charge on any atom is -0.394 e. The van der Waals surface area contributed by atoms with Gasteiger partial charge in [-0.1, -0.05) is 0 Å². The summed E-state index contributed by atoms with van der Waals surface area (Å²) in [6, 6.07) is 0. The zero-order valence-corrected chi connectivity index (χ0v) is 9.74. The Balaban J connectivity index is 2.35. The Morgan fingerprint density at radius 2 is 2.39 bits per heavy atom. The smallest absolute Gasteiger partial charge is 0.258 e. The molecule has 18 heavy (non-hydrogen) atoms. The monoisotopic (exact) mass is 257 g/mol. The van der Waals surface area contributed by atoms with Crippen LogP contribution in [-0.4, -0.2) is 52.2 Å². The van der Waals surface area contributed by atoms with Gasteiger partial charge in [0.1, 0.15) is 24.4 Å². The largest absolute Gasteiger partial charge is 0.394 e. The number of nitrogens with zero attached hydrogens (tertiary/aromatic N) is 1. The predicted octanol–water partition coefficient (Wildman–Crippen LogP) is -1.84. The summed E-state index contributed by atoms with van der Waals surface area (Å²) in [4.78, 5) is 17.8. The van der Waals surface area contributed by atoms with Crippen LogP contribution in [0.15, 0.2) is 11.0 Å². The van der Waals surface area contributed by atoms with Crippen LogP contribution < -0.4 is 11.3 Å². The van der Waals surface area contributed by atoms with Crippen molar-refractivity contribution in [1.82, 2.24) is 9.97 Å². The van der Waals surface area contributed by atoms with E-state index in [4.69, 9.17) is 20.3 Å². The van der Waals surface area contributed by atoms with Crippen LogP contribution in [0.2, 0.25) is 0 Å². The second-order valence-electron chi connectivity index (χ2n) is 4.02. The van der Waals surface area contributed by atoms with E-state index in [1.807, 2.05) is 0 Å². The van der Waals surface area contributed by atoms with E-state index in [1.165, 1.54) is 13.3 Å². The first-order valence-corrected chi connectivity index (χ1v) is 5.40. The summed E-state index contributed by atoms with van der Waals surface area (Å²) < 4.78 is 10.5. The average Bonchev–Trinajstić information content (AvgIpc) is 2.65.